The van der Waals surface area contributed by atoms with Gasteiger partial charge in [-0.2, -0.15) is 0 Å². The fraction of sp³-hybridized carbons (Fsp3) is 0.941. The van der Waals surface area contributed by atoms with Crippen LogP contribution in [-0.4, -0.2) is 19.0 Å². The molecule has 0 aromatic carbocycles. The van der Waals surface area contributed by atoms with Gasteiger partial charge >= 0.3 is 0 Å². The molecule has 118 valence electrons. The third-order valence-corrected chi connectivity index (χ3v) is 4.63. The highest BCUT2D eigenvalue weighted by atomic mass is 16.1. The number of nitrogens with one attached hydrogen (secondary N) is 1. The molecule has 1 amide bonds. The monoisotopic (exact) mass is 282 g/mol. The highest BCUT2D eigenvalue weighted by molar-refractivity contribution is 5.79. The number of hydrogen-bond acceptors (Lipinski definition) is 2. The van der Waals surface area contributed by atoms with Crippen molar-refractivity contribution in [3.63, 3.8) is 0 Å². The van der Waals surface area contributed by atoms with E-state index in [1.165, 1.54) is 44.9 Å². The normalized spacial score (nSPS) is 22.1. The molecule has 3 heteroatoms. The number of hydrogen-bond donors (Lipinski definition) is 2. The number of carbonyl (C=O) groups is 1. The zero-order valence-electron chi connectivity index (χ0n) is 13.3. The van der Waals surface area contributed by atoms with Crippen molar-refractivity contribution in [1.29, 1.82) is 0 Å². The smallest absolute Gasteiger partial charge is 0.223 e. The molecule has 1 saturated carbocycles. The molecule has 0 aromatic rings. The Labute approximate surface area is 125 Å². The van der Waals surface area contributed by atoms with Gasteiger partial charge in [-0.1, -0.05) is 58.3 Å². The summed E-state index contributed by atoms with van der Waals surface area (Å²) in [6.07, 6.45) is 13.8. The number of nitrogens with two attached hydrogens (primary N) is 1. The molecule has 3 N–H and O–H groups in total. The van der Waals surface area contributed by atoms with Crippen LogP contribution < -0.4 is 11.1 Å². The maximum absolute atomic E-state index is 12.1. The van der Waals surface area contributed by atoms with E-state index >= 15 is 0 Å². The Morgan fingerprint density at radius 2 is 1.70 bits per heavy atom. The number of carbonyl (C=O) groups excluding carboxylic acids is 1. The van der Waals surface area contributed by atoms with Crippen LogP contribution in [0.2, 0.25) is 0 Å². The SMILES string of the molecule is CCCCCCCCCCNC(=O)C1CCCC1CN. The zero-order chi connectivity index (χ0) is 14.6. The summed E-state index contributed by atoms with van der Waals surface area (Å²) < 4.78 is 0. The molecule has 1 rings (SSSR count). The fourth-order valence-corrected chi connectivity index (χ4v) is 3.27. The molecule has 0 heterocycles. The summed E-state index contributed by atoms with van der Waals surface area (Å²) in [4.78, 5) is 12.1. The van der Waals surface area contributed by atoms with Gasteiger partial charge in [-0.15, -0.1) is 0 Å². The van der Waals surface area contributed by atoms with Gasteiger partial charge in [0.05, 0.1) is 0 Å². The van der Waals surface area contributed by atoms with Crippen molar-refractivity contribution in [1.82, 2.24) is 5.32 Å². The van der Waals surface area contributed by atoms with Crippen molar-refractivity contribution < 1.29 is 4.79 Å². The first-order chi connectivity index (χ1) is 9.79. The minimum Gasteiger partial charge on any atom is -0.356 e. The van der Waals surface area contributed by atoms with Gasteiger partial charge in [0, 0.05) is 12.5 Å². The summed E-state index contributed by atoms with van der Waals surface area (Å²) in [5, 5.41) is 3.11. The summed E-state index contributed by atoms with van der Waals surface area (Å²) in [7, 11) is 0. The zero-order valence-corrected chi connectivity index (χ0v) is 13.3. The first kappa shape index (κ1) is 17.5. The molecule has 1 aliphatic carbocycles. The molecule has 0 aromatic heterocycles. The summed E-state index contributed by atoms with van der Waals surface area (Å²) in [6.45, 7) is 3.76. The second kappa shape index (κ2) is 11.1. The largest absolute Gasteiger partial charge is 0.356 e. The lowest BCUT2D eigenvalue weighted by molar-refractivity contribution is -0.125. The molecule has 0 bridgehead atoms. The Morgan fingerprint density at radius 3 is 2.35 bits per heavy atom. The predicted molar refractivity (Wildman–Crippen MR) is 85.5 cm³/mol. The summed E-state index contributed by atoms with van der Waals surface area (Å²) in [5.74, 6) is 0.864. The lowest BCUT2D eigenvalue weighted by atomic mass is 9.95. The summed E-state index contributed by atoms with van der Waals surface area (Å²) in [6, 6.07) is 0. The van der Waals surface area contributed by atoms with E-state index in [1.54, 1.807) is 0 Å². The van der Waals surface area contributed by atoms with E-state index in [0.29, 0.717) is 12.5 Å². The third kappa shape index (κ3) is 6.74. The van der Waals surface area contributed by atoms with Crippen molar-refractivity contribution in [2.45, 2.75) is 77.6 Å². The van der Waals surface area contributed by atoms with Crippen LogP contribution in [0.25, 0.3) is 0 Å². The molecule has 0 saturated heterocycles. The minimum atomic E-state index is 0.189. The number of unbranched alkanes of at least 4 members (excludes halogenated alkanes) is 7. The van der Waals surface area contributed by atoms with Gasteiger partial charge in [-0.3, -0.25) is 4.79 Å². The van der Waals surface area contributed by atoms with E-state index in [9.17, 15) is 4.79 Å². The number of amides is 1. The lowest BCUT2D eigenvalue weighted by Gasteiger charge is -2.17. The van der Waals surface area contributed by atoms with Gasteiger partial charge in [0.2, 0.25) is 5.91 Å². The molecule has 2 unspecified atom stereocenters. The van der Waals surface area contributed by atoms with Gasteiger partial charge in [0.15, 0.2) is 0 Å². The van der Waals surface area contributed by atoms with Gasteiger partial charge in [-0.05, 0) is 31.7 Å². The van der Waals surface area contributed by atoms with Crippen LogP contribution in [0.15, 0.2) is 0 Å². The first-order valence-corrected chi connectivity index (χ1v) is 8.77. The molecule has 1 aliphatic rings. The molecule has 20 heavy (non-hydrogen) atoms. The van der Waals surface area contributed by atoms with Crippen molar-refractivity contribution in [2.24, 2.45) is 17.6 Å². The molecule has 0 aliphatic heterocycles. The molecular formula is C17H34N2O. The summed E-state index contributed by atoms with van der Waals surface area (Å²) >= 11 is 0. The quantitative estimate of drug-likeness (QED) is 0.569. The highest BCUT2D eigenvalue weighted by Crippen LogP contribution is 2.30. The van der Waals surface area contributed by atoms with Gasteiger partial charge in [0.25, 0.3) is 0 Å². The molecule has 0 spiro atoms. The molecule has 0 radical (unpaired) electrons. The maximum atomic E-state index is 12.1. The molecular weight excluding hydrogens is 248 g/mol. The van der Waals surface area contributed by atoms with Gasteiger partial charge in [-0.25, -0.2) is 0 Å². The van der Waals surface area contributed by atoms with Crippen LogP contribution in [0, 0.1) is 11.8 Å². The van der Waals surface area contributed by atoms with Crippen LogP contribution in [0.1, 0.15) is 77.6 Å². The predicted octanol–water partition coefficient (Wildman–Crippen LogP) is 3.62. The van der Waals surface area contributed by atoms with E-state index in [-0.39, 0.29) is 11.8 Å². The van der Waals surface area contributed by atoms with Crippen LogP contribution in [0.5, 0.6) is 0 Å². The summed E-state index contributed by atoms with van der Waals surface area (Å²) in [5.41, 5.74) is 5.73. The minimum absolute atomic E-state index is 0.189. The van der Waals surface area contributed by atoms with Crippen molar-refractivity contribution in [3.05, 3.63) is 0 Å². The highest BCUT2D eigenvalue weighted by Gasteiger charge is 2.31. The van der Waals surface area contributed by atoms with Crippen LogP contribution >= 0.6 is 0 Å². The third-order valence-electron chi connectivity index (χ3n) is 4.63. The van der Waals surface area contributed by atoms with Crippen LogP contribution in [-0.2, 0) is 4.79 Å². The Bertz CT molecular complexity index is 255. The Hall–Kier alpha value is -0.570. The van der Waals surface area contributed by atoms with Gasteiger partial charge < -0.3 is 11.1 Å². The standard InChI is InChI=1S/C17H34N2O/c1-2-3-4-5-6-7-8-9-13-19-17(20)16-12-10-11-15(16)14-18/h15-16H,2-14,18H2,1H3,(H,19,20). The van der Waals surface area contributed by atoms with Crippen molar-refractivity contribution >= 4 is 5.91 Å². The molecule has 3 nitrogen and oxygen atoms in total. The number of rotatable bonds is 11. The Morgan fingerprint density at radius 1 is 1.05 bits per heavy atom. The topological polar surface area (TPSA) is 55.1 Å². The van der Waals surface area contributed by atoms with E-state index in [0.717, 1.165) is 32.2 Å². The van der Waals surface area contributed by atoms with E-state index in [1.807, 2.05) is 0 Å². The van der Waals surface area contributed by atoms with E-state index in [2.05, 4.69) is 12.2 Å². The Kier molecular flexibility index (Phi) is 9.73. The van der Waals surface area contributed by atoms with Crippen molar-refractivity contribution in [2.75, 3.05) is 13.1 Å². The van der Waals surface area contributed by atoms with Crippen molar-refractivity contribution in [3.8, 4) is 0 Å². The average Bonchev–Trinajstić information content (AvgIpc) is 2.94. The van der Waals surface area contributed by atoms with E-state index in [4.69, 9.17) is 5.73 Å². The van der Waals surface area contributed by atoms with Crippen LogP contribution in [0.4, 0.5) is 0 Å². The van der Waals surface area contributed by atoms with E-state index < -0.39 is 0 Å². The van der Waals surface area contributed by atoms with Crippen LogP contribution in [0.3, 0.4) is 0 Å². The maximum Gasteiger partial charge on any atom is 0.223 e. The lowest BCUT2D eigenvalue weighted by Crippen LogP contribution is -2.35. The first-order valence-electron chi connectivity index (χ1n) is 8.77. The second-order valence-corrected chi connectivity index (χ2v) is 6.30. The average molecular weight is 282 g/mol. The second-order valence-electron chi connectivity index (χ2n) is 6.30. The molecule has 2 atom stereocenters. The van der Waals surface area contributed by atoms with Gasteiger partial charge in [0.1, 0.15) is 0 Å². The fourth-order valence-electron chi connectivity index (χ4n) is 3.27. The Balaban J connectivity index is 1.94. The molecule has 1 fully saturated rings.